The number of aryl methyl sites for hydroxylation is 2. The van der Waals surface area contributed by atoms with Gasteiger partial charge in [0.15, 0.2) is 6.10 Å². The average Bonchev–Trinajstić information content (AvgIpc) is 2.72. The van der Waals surface area contributed by atoms with Crippen molar-refractivity contribution in [1.82, 2.24) is 9.78 Å². The summed E-state index contributed by atoms with van der Waals surface area (Å²) in [5, 5.41) is 4.35. The number of methoxy groups -OCH3 is 1. The Morgan fingerprint density at radius 2 is 2.30 bits per heavy atom. The van der Waals surface area contributed by atoms with Crippen LogP contribution in [0.4, 0.5) is 5.82 Å². The molecule has 1 atom stereocenters. The lowest BCUT2D eigenvalue weighted by Crippen LogP contribution is -2.47. The summed E-state index contributed by atoms with van der Waals surface area (Å²) < 4.78 is 11.9. The zero-order valence-electron chi connectivity index (χ0n) is 11.8. The van der Waals surface area contributed by atoms with Crippen LogP contribution in [0.25, 0.3) is 0 Å². The van der Waals surface area contributed by atoms with Crippen molar-refractivity contribution < 1.29 is 14.3 Å². The first kappa shape index (κ1) is 14.7. The number of esters is 1. The highest BCUT2D eigenvalue weighted by Gasteiger charge is 2.31. The van der Waals surface area contributed by atoms with E-state index in [0.29, 0.717) is 24.7 Å². The standard InChI is InChI=1S/C12H18N4O3S/c1-7-9(10(13)20)11(15(2)14-7)16-4-5-19-8(6-16)12(17)18-3/h8H,4-6H2,1-3H3,(H2,13,20). The SMILES string of the molecule is COC(=O)C1CN(c2c(C(N)=S)c(C)nn2C)CCO1. The van der Waals surface area contributed by atoms with Crippen LogP contribution in [0.5, 0.6) is 0 Å². The molecule has 110 valence electrons. The third kappa shape index (κ3) is 2.61. The van der Waals surface area contributed by atoms with E-state index in [2.05, 4.69) is 5.10 Å². The van der Waals surface area contributed by atoms with Crippen molar-refractivity contribution in [2.24, 2.45) is 12.8 Å². The average molecular weight is 298 g/mol. The number of carbonyl (C=O) groups is 1. The second-order valence-corrected chi connectivity index (χ2v) is 5.04. The molecule has 0 amide bonds. The summed E-state index contributed by atoms with van der Waals surface area (Å²) in [4.78, 5) is 13.9. The van der Waals surface area contributed by atoms with E-state index in [-0.39, 0.29) is 5.97 Å². The lowest BCUT2D eigenvalue weighted by atomic mass is 10.2. The lowest BCUT2D eigenvalue weighted by Gasteiger charge is -2.33. The Bertz CT molecular complexity index is 543. The molecule has 1 fully saturated rings. The number of thiocarbonyl (C=S) groups is 1. The normalized spacial score (nSPS) is 18.9. The van der Waals surface area contributed by atoms with Gasteiger partial charge >= 0.3 is 5.97 Å². The molecule has 1 saturated heterocycles. The molecule has 2 heterocycles. The van der Waals surface area contributed by atoms with E-state index in [1.165, 1.54) is 7.11 Å². The Morgan fingerprint density at radius 1 is 1.60 bits per heavy atom. The maximum atomic E-state index is 11.6. The summed E-state index contributed by atoms with van der Waals surface area (Å²) in [6.07, 6.45) is -0.608. The van der Waals surface area contributed by atoms with Crippen molar-refractivity contribution in [2.75, 3.05) is 31.7 Å². The maximum absolute atomic E-state index is 11.6. The molecule has 0 aliphatic carbocycles. The van der Waals surface area contributed by atoms with Gasteiger partial charge in [-0.25, -0.2) is 4.79 Å². The van der Waals surface area contributed by atoms with E-state index < -0.39 is 6.10 Å². The van der Waals surface area contributed by atoms with Crippen LogP contribution in [0, 0.1) is 6.92 Å². The maximum Gasteiger partial charge on any atom is 0.336 e. The summed E-state index contributed by atoms with van der Waals surface area (Å²) in [6.45, 7) is 3.32. The van der Waals surface area contributed by atoms with Gasteiger partial charge in [0, 0.05) is 13.6 Å². The van der Waals surface area contributed by atoms with Crippen LogP contribution < -0.4 is 10.6 Å². The van der Waals surface area contributed by atoms with Gasteiger partial charge in [-0.15, -0.1) is 0 Å². The Kier molecular flexibility index (Phi) is 4.24. The first-order valence-electron chi connectivity index (χ1n) is 6.23. The van der Waals surface area contributed by atoms with Crippen LogP contribution in [0.2, 0.25) is 0 Å². The highest BCUT2D eigenvalue weighted by molar-refractivity contribution is 7.80. The number of nitrogens with zero attached hydrogens (tertiary/aromatic N) is 3. The predicted molar refractivity (Wildman–Crippen MR) is 77.8 cm³/mol. The molecule has 0 bridgehead atoms. The minimum absolute atomic E-state index is 0.298. The minimum atomic E-state index is -0.608. The van der Waals surface area contributed by atoms with Crippen LogP contribution in [0.1, 0.15) is 11.3 Å². The summed E-state index contributed by atoms with van der Waals surface area (Å²) >= 11 is 5.10. The smallest absolute Gasteiger partial charge is 0.336 e. The van der Waals surface area contributed by atoms with E-state index in [1.54, 1.807) is 4.68 Å². The van der Waals surface area contributed by atoms with E-state index in [1.807, 2.05) is 18.9 Å². The largest absolute Gasteiger partial charge is 0.467 e. The molecule has 2 rings (SSSR count). The number of morpholine rings is 1. The molecule has 0 aromatic carbocycles. The Hall–Kier alpha value is -1.67. The van der Waals surface area contributed by atoms with Crippen LogP contribution in [-0.2, 0) is 21.3 Å². The molecular weight excluding hydrogens is 280 g/mol. The van der Waals surface area contributed by atoms with Crippen molar-refractivity contribution in [3.63, 3.8) is 0 Å². The third-order valence-electron chi connectivity index (χ3n) is 3.27. The number of hydrogen-bond donors (Lipinski definition) is 1. The number of ether oxygens (including phenoxy) is 2. The first-order chi connectivity index (χ1) is 9.45. The van der Waals surface area contributed by atoms with Gasteiger partial charge in [0.2, 0.25) is 0 Å². The molecule has 1 aromatic rings. The van der Waals surface area contributed by atoms with Crippen molar-refractivity contribution in [2.45, 2.75) is 13.0 Å². The van der Waals surface area contributed by atoms with Crippen molar-refractivity contribution in [1.29, 1.82) is 0 Å². The molecule has 7 nitrogen and oxygen atoms in total. The molecule has 2 N–H and O–H groups in total. The zero-order chi connectivity index (χ0) is 14.9. The molecule has 1 aliphatic heterocycles. The molecular formula is C12H18N4O3S. The number of anilines is 1. The van der Waals surface area contributed by atoms with Gasteiger partial charge < -0.3 is 20.1 Å². The quantitative estimate of drug-likeness (QED) is 0.608. The number of hydrogen-bond acceptors (Lipinski definition) is 6. The summed E-state index contributed by atoms with van der Waals surface area (Å²) in [6, 6.07) is 0. The Morgan fingerprint density at radius 3 is 2.90 bits per heavy atom. The number of carbonyl (C=O) groups excluding carboxylic acids is 1. The highest BCUT2D eigenvalue weighted by atomic mass is 32.1. The molecule has 8 heteroatoms. The van der Waals surface area contributed by atoms with Crippen LogP contribution in [0.15, 0.2) is 0 Å². The summed E-state index contributed by atoms with van der Waals surface area (Å²) in [7, 11) is 3.17. The van der Waals surface area contributed by atoms with Gasteiger partial charge in [-0.1, -0.05) is 12.2 Å². The lowest BCUT2D eigenvalue weighted by molar-refractivity contribution is -0.154. The second-order valence-electron chi connectivity index (χ2n) is 4.60. The van der Waals surface area contributed by atoms with Gasteiger partial charge in [-0.2, -0.15) is 5.10 Å². The molecule has 1 aromatic heterocycles. The Balaban J connectivity index is 2.32. The molecule has 20 heavy (non-hydrogen) atoms. The van der Waals surface area contributed by atoms with Crippen molar-refractivity contribution >= 4 is 29.0 Å². The second kappa shape index (κ2) is 5.76. The number of rotatable bonds is 3. The molecule has 1 unspecified atom stereocenters. The fourth-order valence-corrected chi connectivity index (χ4v) is 2.65. The fraction of sp³-hybridized carbons (Fsp3) is 0.583. The van der Waals surface area contributed by atoms with E-state index in [0.717, 1.165) is 17.1 Å². The zero-order valence-corrected chi connectivity index (χ0v) is 12.6. The molecule has 0 spiro atoms. The Labute approximate surface area is 122 Å². The van der Waals surface area contributed by atoms with Crippen LogP contribution in [0.3, 0.4) is 0 Å². The van der Waals surface area contributed by atoms with Crippen molar-refractivity contribution in [3.05, 3.63) is 11.3 Å². The van der Waals surface area contributed by atoms with E-state index in [4.69, 9.17) is 27.4 Å². The van der Waals surface area contributed by atoms with Crippen molar-refractivity contribution in [3.8, 4) is 0 Å². The number of aromatic nitrogens is 2. The van der Waals surface area contributed by atoms with Gasteiger partial charge in [0.1, 0.15) is 10.8 Å². The van der Waals surface area contributed by atoms with Crippen LogP contribution >= 0.6 is 12.2 Å². The monoisotopic (exact) mass is 298 g/mol. The highest BCUT2D eigenvalue weighted by Crippen LogP contribution is 2.25. The van der Waals surface area contributed by atoms with Gasteiger partial charge in [-0.05, 0) is 6.92 Å². The van der Waals surface area contributed by atoms with Gasteiger partial charge in [0.05, 0.1) is 31.5 Å². The third-order valence-corrected chi connectivity index (χ3v) is 3.47. The molecule has 1 aliphatic rings. The number of nitrogens with two attached hydrogens (primary N) is 1. The van der Waals surface area contributed by atoms with Gasteiger partial charge in [-0.3, -0.25) is 4.68 Å². The van der Waals surface area contributed by atoms with Gasteiger partial charge in [0.25, 0.3) is 0 Å². The predicted octanol–water partition coefficient (Wildman–Crippen LogP) is -0.259. The van der Waals surface area contributed by atoms with E-state index in [9.17, 15) is 4.79 Å². The summed E-state index contributed by atoms with van der Waals surface area (Å²) in [5.41, 5.74) is 7.30. The molecule has 0 radical (unpaired) electrons. The van der Waals surface area contributed by atoms with E-state index >= 15 is 0 Å². The fourth-order valence-electron chi connectivity index (χ4n) is 2.41. The molecule has 0 saturated carbocycles. The topological polar surface area (TPSA) is 82.6 Å². The minimum Gasteiger partial charge on any atom is -0.467 e. The van der Waals surface area contributed by atoms with Crippen LogP contribution in [-0.4, -0.2) is 53.6 Å². The first-order valence-corrected chi connectivity index (χ1v) is 6.64. The summed E-state index contributed by atoms with van der Waals surface area (Å²) in [5.74, 6) is 0.428.